The van der Waals surface area contributed by atoms with Crippen LogP contribution < -0.4 is 32.9 Å². The van der Waals surface area contributed by atoms with Gasteiger partial charge in [-0.25, -0.2) is 0 Å². The summed E-state index contributed by atoms with van der Waals surface area (Å²) in [6, 6.07) is 41.0. The van der Waals surface area contributed by atoms with Crippen molar-refractivity contribution in [3.8, 4) is 17.3 Å². The number of hydrogen-bond acceptors (Lipinski definition) is 1. The third-order valence-electron chi connectivity index (χ3n) is 6.38. The Kier molecular flexibility index (Phi) is 6.52. The van der Waals surface area contributed by atoms with Crippen molar-refractivity contribution in [1.82, 2.24) is 4.57 Å². The molecule has 2 nitrogen and oxygen atoms in total. The van der Waals surface area contributed by atoms with E-state index in [1.807, 2.05) is 18.2 Å². The number of nitrogens with zero attached hydrogens (tertiary/aromatic N) is 2. The van der Waals surface area contributed by atoms with Gasteiger partial charge in [-0.3, -0.25) is 0 Å². The van der Waals surface area contributed by atoms with Crippen molar-refractivity contribution in [2.24, 2.45) is 7.05 Å². The van der Waals surface area contributed by atoms with Crippen molar-refractivity contribution >= 4 is 34.1 Å². The van der Waals surface area contributed by atoms with Gasteiger partial charge < -0.3 is 21.5 Å². The minimum absolute atomic E-state index is 0. The van der Waals surface area contributed by atoms with Crippen LogP contribution in [0.15, 0.2) is 109 Å². The van der Waals surface area contributed by atoms with Crippen molar-refractivity contribution < 1.29 is 17.0 Å². The second-order valence-corrected chi connectivity index (χ2v) is 11.7. The van der Waals surface area contributed by atoms with E-state index in [0.717, 1.165) is 10.9 Å². The maximum atomic E-state index is 9.36. The average Bonchev–Trinajstić information content (AvgIpc) is 3.20. The standard InChI is InChI=1S/C29H24N2P.BrH/c1-31-27-19-22(21-30)17-18-23(27)20-28(31)26-15-9-10-16-29(26)32(2,24-11-5-3-6-12-24)25-13-7-4-8-14-25;/h3-20H,1-2H3;1H/q+1;/p-1. The Hall–Kier alpha value is -3.18. The van der Waals surface area contributed by atoms with Gasteiger partial charge in [-0.05, 0) is 54.6 Å². The molecule has 0 aliphatic heterocycles. The van der Waals surface area contributed by atoms with Crippen LogP contribution >= 0.6 is 7.26 Å². The molecule has 0 aliphatic carbocycles. The zero-order valence-corrected chi connectivity index (χ0v) is 21.1. The Labute approximate surface area is 206 Å². The van der Waals surface area contributed by atoms with Gasteiger partial charge >= 0.3 is 0 Å². The van der Waals surface area contributed by atoms with Crippen LogP contribution in [0.5, 0.6) is 0 Å². The molecule has 0 N–H and O–H groups in total. The highest BCUT2D eigenvalue weighted by atomic mass is 79.9. The van der Waals surface area contributed by atoms with Crippen LogP contribution in [0.1, 0.15) is 5.56 Å². The fourth-order valence-electron chi connectivity index (χ4n) is 4.62. The summed E-state index contributed by atoms with van der Waals surface area (Å²) in [5.41, 5.74) is 4.18. The van der Waals surface area contributed by atoms with E-state index in [-0.39, 0.29) is 17.0 Å². The number of fused-ring (bicyclic) bond motifs is 1. The molecule has 162 valence electrons. The summed E-state index contributed by atoms with van der Waals surface area (Å²) < 4.78 is 2.22. The Morgan fingerprint density at radius 3 is 1.91 bits per heavy atom. The Bertz CT molecular complexity index is 1410. The summed E-state index contributed by atoms with van der Waals surface area (Å²) in [5, 5.41) is 14.6. The maximum Gasteiger partial charge on any atom is 0.113 e. The topological polar surface area (TPSA) is 28.7 Å². The van der Waals surface area contributed by atoms with Gasteiger partial charge in [-0.1, -0.05) is 54.6 Å². The quantitative estimate of drug-likeness (QED) is 0.341. The van der Waals surface area contributed by atoms with Gasteiger partial charge in [0.25, 0.3) is 0 Å². The fourth-order valence-corrected chi connectivity index (χ4v) is 8.06. The van der Waals surface area contributed by atoms with Crippen molar-refractivity contribution in [3.63, 3.8) is 0 Å². The van der Waals surface area contributed by atoms with Crippen LogP contribution in [-0.4, -0.2) is 11.2 Å². The molecule has 4 heteroatoms. The second kappa shape index (κ2) is 9.36. The van der Waals surface area contributed by atoms with Gasteiger partial charge in [0.15, 0.2) is 0 Å². The zero-order valence-electron chi connectivity index (χ0n) is 18.6. The Morgan fingerprint density at radius 2 is 1.30 bits per heavy atom. The monoisotopic (exact) mass is 510 g/mol. The molecule has 0 unspecified atom stereocenters. The number of hydrogen-bond donors (Lipinski definition) is 0. The molecule has 1 heterocycles. The molecule has 1 aromatic heterocycles. The van der Waals surface area contributed by atoms with E-state index in [1.165, 1.54) is 27.2 Å². The van der Waals surface area contributed by atoms with Gasteiger partial charge in [0.2, 0.25) is 0 Å². The molecule has 0 amide bonds. The molecule has 4 aromatic carbocycles. The van der Waals surface area contributed by atoms with Gasteiger partial charge in [-0.2, -0.15) is 5.26 Å². The first kappa shape index (κ1) is 23.0. The maximum absolute atomic E-state index is 9.36. The van der Waals surface area contributed by atoms with Crippen molar-refractivity contribution in [1.29, 1.82) is 5.26 Å². The summed E-state index contributed by atoms with van der Waals surface area (Å²) in [6.07, 6.45) is 0. The summed E-state index contributed by atoms with van der Waals surface area (Å²) in [5.74, 6) is 0. The third kappa shape index (κ3) is 3.91. The zero-order chi connectivity index (χ0) is 22.1. The summed E-state index contributed by atoms with van der Waals surface area (Å²) >= 11 is 0. The Morgan fingerprint density at radius 1 is 0.727 bits per heavy atom. The first-order valence-corrected chi connectivity index (χ1v) is 12.9. The van der Waals surface area contributed by atoms with E-state index >= 15 is 0 Å². The number of benzene rings is 4. The lowest BCUT2D eigenvalue weighted by atomic mass is 10.1. The van der Waals surface area contributed by atoms with E-state index in [0.29, 0.717) is 5.56 Å². The normalized spacial score (nSPS) is 11.1. The van der Waals surface area contributed by atoms with E-state index in [9.17, 15) is 5.26 Å². The second-order valence-electron chi connectivity index (χ2n) is 8.17. The van der Waals surface area contributed by atoms with E-state index in [2.05, 4.69) is 115 Å². The first-order valence-electron chi connectivity index (χ1n) is 10.7. The SMILES string of the molecule is Cn1c(-c2ccccc2[P+](C)(c2ccccc2)c2ccccc2)cc2ccc(C#N)cc21.[Br-]. The number of aryl methyl sites for hydroxylation is 1. The first-order chi connectivity index (χ1) is 15.6. The van der Waals surface area contributed by atoms with Crippen LogP contribution in [-0.2, 0) is 7.05 Å². The molecule has 33 heavy (non-hydrogen) atoms. The van der Waals surface area contributed by atoms with Crippen molar-refractivity contribution in [2.45, 2.75) is 0 Å². The number of aromatic nitrogens is 1. The number of nitriles is 1. The summed E-state index contributed by atoms with van der Waals surface area (Å²) in [7, 11) is 0.220. The highest BCUT2D eigenvalue weighted by Crippen LogP contribution is 2.53. The molecule has 5 aromatic rings. The fraction of sp³-hybridized carbons (Fsp3) is 0.0690. The van der Waals surface area contributed by atoms with Crippen LogP contribution in [0, 0.1) is 11.3 Å². The molecular formula is C29H24BrN2P. The molecule has 0 radical (unpaired) electrons. The van der Waals surface area contributed by atoms with E-state index in [1.54, 1.807) is 0 Å². The van der Waals surface area contributed by atoms with Crippen LogP contribution in [0.25, 0.3) is 22.2 Å². The van der Waals surface area contributed by atoms with Gasteiger partial charge in [0.05, 0.1) is 24.0 Å². The summed E-state index contributed by atoms with van der Waals surface area (Å²) in [4.78, 5) is 0. The minimum atomic E-state index is -1.87. The van der Waals surface area contributed by atoms with E-state index in [4.69, 9.17) is 0 Å². The largest absolute Gasteiger partial charge is 1.00 e. The predicted octanol–water partition coefficient (Wildman–Crippen LogP) is 2.64. The van der Waals surface area contributed by atoms with E-state index < -0.39 is 7.26 Å². The van der Waals surface area contributed by atoms with Crippen LogP contribution in [0.3, 0.4) is 0 Å². The highest BCUT2D eigenvalue weighted by Gasteiger charge is 2.42. The smallest absolute Gasteiger partial charge is 0.113 e. The predicted molar refractivity (Wildman–Crippen MR) is 138 cm³/mol. The number of rotatable bonds is 4. The lowest BCUT2D eigenvalue weighted by Gasteiger charge is -2.25. The molecule has 0 spiro atoms. The van der Waals surface area contributed by atoms with Crippen LogP contribution in [0.4, 0.5) is 0 Å². The number of halogens is 1. The highest BCUT2D eigenvalue weighted by molar-refractivity contribution is 7.95. The van der Waals surface area contributed by atoms with Gasteiger partial charge in [0.1, 0.15) is 23.2 Å². The molecule has 0 atom stereocenters. The lowest BCUT2D eigenvalue weighted by molar-refractivity contribution is -0.00000646. The van der Waals surface area contributed by atoms with Crippen molar-refractivity contribution in [3.05, 3.63) is 115 Å². The molecule has 0 aliphatic rings. The molecule has 0 saturated carbocycles. The van der Waals surface area contributed by atoms with Gasteiger partial charge in [0, 0.05) is 23.5 Å². The molecular weight excluding hydrogens is 487 g/mol. The molecule has 0 bridgehead atoms. The third-order valence-corrected chi connectivity index (χ3v) is 10.4. The molecule has 0 fully saturated rings. The minimum Gasteiger partial charge on any atom is -1.00 e. The summed E-state index contributed by atoms with van der Waals surface area (Å²) in [6.45, 7) is 2.42. The van der Waals surface area contributed by atoms with Gasteiger partial charge in [-0.15, -0.1) is 0 Å². The Balaban J connectivity index is 0.00000259. The average molecular weight is 511 g/mol. The lowest BCUT2D eigenvalue weighted by Crippen LogP contribution is -3.00. The molecule has 5 rings (SSSR count). The van der Waals surface area contributed by atoms with Crippen molar-refractivity contribution in [2.75, 3.05) is 6.66 Å². The van der Waals surface area contributed by atoms with Crippen LogP contribution in [0.2, 0.25) is 0 Å². The molecule has 0 saturated heterocycles.